The zero-order valence-electron chi connectivity index (χ0n) is 17.6. The number of piperidine rings is 1. The van der Waals surface area contributed by atoms with Gasteiger partial charge in [0.15, 0.2) is 5.96 Å². The van der Waals surface area contributed by atoms with E-state index in [1.807, 2.05) is 6.92 Å². The topological polar surface area (TPSA) is 52.1 Å². The summed E-state index contributed by atoms with van der Waals surface area (Å²) in [5.41, 5.74) is 0. The molecule has 0 radical (unpaired) electrons. The van der Waals surface area contributed by atoms with Gasteiger partial charge in [-0.15, -0.1) is 24.0 Å². The lowest BCUT2D eigenvalue weighted by atomic mass is 9.93. The van der Waals surface area contributed by atoms with Crippen molar-refractivity contribution in [1.29, 1.82) is 0 Å². The first-order valence-corrected chi connectivity index (χ1v) is 10.5. The number of rotatable bonds is 8. The Bertz CT molecular complexity index is 467. The fraction of sp³-hybridized carbons (Fsp3) is 0.947. The molecule has 0 saturated carbocycles. The molecule has 10 heteroatoms. The molecule has 6 nitrogen and oxygen atoms in total. The van der Waals surface area contributed by atoms with Crippen molar-refractivity contribution in [1.82, 2.24) is 20.4 Å². The van der Waals surface area contributed by atoms with Gasteiger partial charge in [-0.1, -0.05) is 0 Å². The van der Waals surface area contributed by atoms with Crippen molar-refractivity contribution in [3.63, 3.8) is 0 Å². The average Bonchev–Trinajstić information content (AvgIpc) is 2.66. The minimum Gasteiger partial charge on any atom is -0.379 e. The van der Waals surface area contributed by atoms with Crippen LogP contribution in [0.3, 0.4) is 0 Å². The van der Waals surface area contributed by atoms with Crippen LogP contribution in [-0.4, -0.2) is 93.5 Å². The molecule has 2 saturated heterocycles. The molecule has 2 heterocycles. The standard InChI is InChI=1S/C19H36F3N5O.HI/c1-3-23-18(25-14-16(2)27-10-12-28-13-11-27)24-7-4-17-5-8-26(9-6-17)15-19(20,21)22;/h16-17H,3-15H2,1-2H3,(H2,23,24,25);1H. The Morgan fingerprint density at radius 1 is 1.14 bits per heavy atom. The largest absolute Gasteiger partial charge is 0.401 e. The fourth-order valence-electron chi connectivity index (χ4n) is 3.78. The van der Waals surface area contributed by atoms with Gasteiger partial charge in [0, 0.05) is 32.2 Å². The van der Waals surface area contributed by atoms with Gasteiger partial charge in [-0.3, -0.25) is 14.8 Å². The number of hydrogen-bond donors (Lipinski definition) is 2. The molecule has 0 aliphatic carbocycles. The number of hydrogen-bond acceptors (Lipinski definition) is 4. The van der Waals surface area contributed by atoms with E-state index in [0.717, 1.165) is 71.2 Å². The highest BCUT2D eigenvalue weighted by Crippen LogP contribution is 2.23. The van der Waals surface area contributed by atoms with E-state index in [1.54, 1.807) is 0 Å². The van der Waals surface area contributed by atoms with Crippen LogP contribution >= 0.6 is 24.0 Å². The van der Waals surface area contributed by atoms with E-state index >= 15 is 0 Å². The molecule has 172 valence electrons. The summed E-state index contributed by atoms with van der Waals surface area (Å²) in [6.45, 7) is 10.3. The van der Waals surface area contributed by atoms with E-state index in [2.05, 4.69) is 22.5 Å². The summed E-state index contributed by atoms with van der Waals surface area (Å²) in [7, 11) is 0. The van der Waals surface area contributed by atoms with E-state index in [1.165, 1.54) is 4.90 Å². The molecule has 1 unspecified atom stereocenters. The van der Waals surface area contributed by atoms with Crippen molar-refractivity contribution in [2.45, 2.75) is 45.3 Å². The highest BCUT2D eigenvalue weighted by molar-refractivity contribution is 14.0. The van der Waals surface area contributed by atoms with Gasteiger partial charge in [0.05, 0.1) is 26.3 Å². The van der Waals surface area contributed by atoms with E-state index in [-0.39, 0.29) is 24.0 Å². The molecule has 0 aromatic rings. The van der Waals surface area contributed by atoms with Crippen LogP contribution in [0.5, 0.6) is 0 Å². The van der Waals surface area contributed by atoms with Gasteiger partial charge in [-0.25, -0.2) is 0 Å². The second-order valence-electron chi connectivity index (χ2n) is 7.77. The predicted molar refractivity (Wildman–Crippen MR) is 121 cm³/mol. The van der Waals surface area contributed by atoms with Crippen LogP contribution in [0, 0.1) is 5.92 Å². The number of ether oxygens (including phenoxy) is 1. The third-order valence-corrected chi connectivity index (χ3v) is 5.48. The number of nitrogens with zero attached hydrogens (tertiary/aromatic N) is 3. The van der Waals surface area contributed by atoms with Gasteiger partial charge in [0.1, 0.15) is 0 Å². The van der Waals surface area contributed by atoms with Crippen LogP contribution in [0.15, 0.2) is 4.99 Å². The molecular formula is C19H37F3IN5O. The number of halogens is 4. The van der Waals surface area contributed by atoms with E-state index in [4.69, 9.17) is 9.73 Å². The van der Waals surface area contributed by atoms with Crippen LogP contribution in [-0.2, 0) is 4.74 Å². The molecule has 2 aliphatic heterocycles. The third-order valence-electron chi connectivity index (χ3n) is 5.48. The summed E-state index contributed by atoms with van der Waals surface area (Å²) >= 11 is 0. The van der Waals surface area contributed by atoms with Crippen molar-refractivity contribution in [3.05, 3.63) is 0 Å². The molecule has 29 heavy (non-hydrogen) atoms. The Morgan fingerprint density at radius 2 is 1.79 bits per heavy atom. The minimum atomic E-state index is -4.09. The molecule has 2 fully saturated rings. The van der Waals surface area contributed by atoms with E-state index in [9.17, 15) is 13.2 Å². The zero-order chi connectivity index (χ0) is 20.4. The Hall–Kier alpha value is -0.330. The Morgan fingerprint density at radius 3 is 2.38 bits per heavy atom. The van der Waals surface area contributed by atoms with Crippen molar-refractivity contribution in [2.75, 3.05) is 65.6 Å². The lowest BCUT2D eigenvalue weighted by Gasteiger charge is -2.32. The SMILES string of the molecule is CCNC(=NCC(C)N1CCOCC1)NCCC1CCN(CC(F)(F)F)CC1.I. The average molecular weight is 535 g/mol. The van der Waals surface area contributed by atoms with Crippen LogP contribution in [0.1, 0.15) is 33.1 Å². The van der Waals surface area contributed by atoms with Crippen molar-refractivity contribution >= 4 is 29.9 Å². The number of likely N-dealkylation sites (tertiary alicyclic amines) is 1. The zero-order valence-corrected chi connectivity index (χ0v) is 20.0. The molecule has 1 atom stereocenters. The molecule has 2 aliphatic rings. The highest BCUT2D eigenvalue weighted by Gasteiger charge is 2.32. The van der Waals surface area contributed by atoms with E-state index in [0.29, 0.717) is 25.0 Å². The first kappa shape index (κ1) is 26.7. The van der Waals surface area contributed by atoms with Crippen molar-refractivity contribution in [3.8, 4) is 0 Å². The Kier molecular flexibility index (Phi) is 12.8. The molecule has 0 spiro atoms. The lowest BCUT2D eigenvalue weighted by Crippen LogP contribution is -2.45. The Labute approximate surface area is 190 Å². The second-order valence-corrected chi connectivity index (χ2v) is 7.77. The number of alkyl halides is 3. The molecule has 0 bridgehead atoms. The minimum absolute atomic E-state index is 0. The summed E-state index contributed by atoms with van der Waals surface area (Å²) < 4.78 is 42.8. The quantitative estimate of drug-likeness (QED) is 0.285. The van der Waals surface area contributed by atoms with Crippen LogP contribution in [0.4, 0.5) is 13.2 Å². The van der Waals surface area contributed by atoms with Crippen molar-refractivity contribution < 1.29 is 17.9 Å². The summed E-state index contributed by atoms with van der Waals surface area (Å²) in [6, 6.07) is 0.373. The van der Waals surface area contributed by atoms with Gasteiger partial charge in [0.2, 0.25) is 0 Å². The molecule has 0 aromatic carbocycles. The summed E-state index contributed by atoms with van der Waals surface area (Å²) in [6.07, 6.45) is -1.47. The highest BCUT2D eigenvalue weighted by atomic mass is 127. The van der Waals surface area contributed by atoms with Crippen LogP contribution < -0.4 is 10.6 Å². The van der Waals surface area contributed by atoms with Gasteiger partial charge in [-0.05, 0) is 52.1 Å². The third kappa shape index (κ3) is 11.0. The van der Waals surface area contributed by atoms with Gasteiger partial charge in [-0.2, -0.15) is 13.2 Å². The summed E-state index contributed by atoms with van der Waals surface area (Å²) in [5, 5.41) is 6.65. The maximum atomic E-state index is 12.5. The maximum Gasteiger partial charge on any atom is 0.401 e. The fourth-order valence-corrected chi connectivity index (χ4v) is 3.78. The number of morpholine rings is 1. The normalized spacial score (nSPS) is 21.5. The maximum absolute atomic E-state index is 12.5. The number of aliphatic imine (C=N–C) groups is 1. The first-order chi connectivity index (χ1) is 13.4. The second kappa shape index (κ2) is 13.9. The Balaban J connectivity index is 0.00000420. The number of nitrogens with one attached hydrogen (secondary N) is 2. The molecule has 0 aromatic heterocycles. The predicted octanol–water partition coefficient (Wildman–Crippen LogP) is 2.54. The molecule has 2 N–H and O–H groups in total. The first-order valence-electron chi connectivity index (χ1n) is 10.5. The van der Waals surface area contributed by atoms with Gasteiger partial charge in [0.25, 0.3) is 0 Å². The molecule has 0 amide bonds. The summed E-state index contributed by atoms with van der Waals surface area (Å²) in [4.78, 5) is 8.61. The summed E-state index contributed by atoms with van der Waals surface area (Å²) in [5.74, 6) is 1.30. The monoisotopic (exact) mass is 535 g/mol. The van der Waals surface area contributed by atoms with Crippen LogP contribution in [0.2, 0.25) is 0 Å². The number of guanidine groups is 1. The van der Waals surface area contributed by atoms with Crippen LogP contribution in [0.25, 0.3) is 0 Å². The molecule has 2 rings (SSSR count). The van der Waals surface area contributed by atoms with E-state index < -0.39 is 12.7 Å². The van der Waals surface area contributed by atoms with Gasteiger partial charge < -0.3 is 15.4 Å². The lowest BCUT2D eigenvalue weighted by molar-refractivity contribution is -0.148. The van der Waals surface area contributed by atoms with Gasteiger partial charge >= 0.3 is 6.18 Å². The smallest absolute Gasteiger partial charge is 0.379 e. The molecular weight excluding hydrogens is 498 g/mol. The van der Waals surface area contributed by atoms with Crippen molar-refractivity contribution in [2.24, 2.45) is 10.9 Å².